The van der Waals surface area contributed by atoms with Gasteiger partial charge in [0.1, 0.15) is 24.6 Å². The lowest BCUT2D eigenvalue weighted by Gasteiger charge is -2.16. The van der Waals surface area contributed by atoms with Crippen LogP contribution in [0.3, 0.4) is 0 Å². The van der Waals surface area contributed by atoms with Gasteiger partial charge in [0.05, 0.1) is 37.6 Å². The van der Waals surface area contributed by atoms with Crippen LogP contribution in [0.2, 0.25) is 0 Å². The summed E-state index contributed by atoms with van der Waals surface area (Å²) in [6.07, 6.45) is 6.69. The third-order valence-corrected chi connectivity index (χ3v) is 9.26. The van der Waals surface area contributed by atoms with Gasteiger partial charge >= 0.3 is 23.9 Å². The van der Waals surface area contributed by atoms with Crippen molar-refractivity contribution < 1.29 is 53.9 Å². The molecule has 23 nitrogen and oxygen atoms in total. The summed E-state index contributed by atoms with van der Waals surface area (Å²) in [6.45, 7) is -0.342. The first kappa shape index (κ1) is 44.5. The highest BCUT2D eigenvalue weighted by atomic mass is 16.5. The predicted molar refractivity (Wildman–Crippen MR) is 223 cm³/mol. The van der Waals surface area contributed by atoms with E-state index in [-0.39, 0.29) is 32.1 Å². The van der Waals surface area contributed by atoms with E-state index in [0.717, 1.165) is 0 Å². The van der Waals surface area contributed by atoms with Crippen molar-refractivity contribution in [3.63, 3.8) is 0 Å². The highest BCUT2D eigenvalue weighted by molar-refractivity contribution is 5.94. The lowest BCUT2D eigenvalue weighted by atomic mass is 10.1. The van der Waals surface area contributed by atoms with Crippen LogP contribution in [0, 0.1) is 0 Å². The van der Waals surface area contributed by atoms with E-state index in [4.69, 9.17) is 29.9 Å². The first-order valence-electron chi connectivity index (χ1n) is 19.6. The molecular formula is C42H40N12O11. The maximum atomic E-state index is 12.3. The number of carbonyl (C=O) groups excluding carboxylic acids is 1. The molecule has 0 atom stereocenters. The quantitative estimate of drug-likeness (QED) is 0.0671. The minimum atomic E-state index is -1.16. The van der Waals surface area contributed by atoms with Gasteiger partial charge in [0.2, 0.25) is 0 Å². The SMILES string of the molecule is CC(=O)c1ccc(OCc2ccn(-c3cccc(-n4ccc(CN(CC(=O)O)CC(=O)O)n4)n3)n2)c(OCc2ccn(-c3cccc(-n4ccc(CN(CC(=O)O)CC(=O)O)n4)n3)n2)c1. The second kappa shape index (κ2) is 20.1. The molecule has 0 aliphatic carbocycles. The molecule has 0 saturated carbocycles. The van der Waals surface area contributed by atoms with Crippen LogP contribution >= 0.6 is 0 Å². The summed E-state index contributed by atoms with van der Waals surface area (Å²) < 4.78 is 18.4. The number of Topliss-reactive ketones (excluding diaryl/α,β-unsaturated/α-hetero) is 1. The first-order chi connectivity index (χ1) is 31.2. The molecule has 1 aromatic carbocycles. The van der Waals surface area contributed by atoms with Gasteiger partial charge in [-0.25, -0.2) is 28.7 Å². The number of ether oxygens (including phenoxy) is 2. The molecule has 7 aromatic rings. The minimum Gasteiger partial charge on any atom is -0.483 e. The number of carboxylic acids is 4. The zero-order valence-electron chi connectivity index (χ0n) is 34.5. The minimum absolute atomic E-state index is 0.00589. The van der Waals surface area contributed by atoms with Gasteiger partial charge in [-0.3, -0.25) is 33.8 Å². The highest BCUT2D eigenvalue weighted by Gasteiger charge is 2.18. The molecule has 0 aliphatic heterocycles. The Morgan fingerprint density at radius 1 is 0.492 bits per heavy atom. The van der Waals surface area contributed by atoms with Gasteiger partial charge in [-0.05, 0) is 73.7 Å². The van der Waals surface area contributed by atoms with Gasteiger partial charge in [-0.1, -0.05) is 12.1 Å². The zero-order valence-corrected chi connectivity index (χ0v) is 34.5. The molecule has 7 rings (SSSR count). The maximum Gasteiger partial charge on any atom is 0.317 e. The number of pyridine rings is 2. The van der Waals surface area contributed by atoms with E-state index >= 15 is 0 Å². The van der Waals surface area contributed by atoms with E-state index in [1.54, 1.807) is 113 Å². The largest absolute Gasteiger partial charge is 0.483 e. The van der Waals surface area contributed by atoms with Crippen LogP contribution < -0.4 is 9.47 Å². The maximum absolute atomic E-state index is 12.3. The van der Waals surface area contributed by atoms with Crippen molar-refractivity contribution in [3.05, 3.63) is 132 Å². The van der Waals surface area contributed by atoms with Crippen LogP contribution in [0.25, 0.3) is 23.3 Å². The van der Waals surface area contributed by atoms with E-state index < -0.39 is 50.1 Å². The number of benzene rings is 1. The monoisotopic (exact) mass is 888 g/mol. The van der Waals surface area contributed by atoms with Gasteiger partial charge in [-0.15, -0.1) is 0 Å². The number of ketones is 1. The summed E-state index contributed by atoms with van der Waals surface area (Å²) in [5.41, 5.74) is 2.41. The van der Waals surface area contributed by atoms with Crippen molar-refractivity contribution in [2.45, 2.75) is 33.2 Å². The van der Waals surface area contributed by atoms with Crippen LogP contribution in [-0.4, -0.2) is 135 Å². The van der Waals surface area contributed by atoms with Gasteiger partial charge in [0.25, 0.3) is 0 Å². The number of nitrogens with zero attached hydrogens (tertiary/aromatic N) is 12. The molecule has 0 saturated heterocycles. The fraction of sp³-hybridized carbons (Fsp3) is 0.214. The molecule has 0 spiro atoms. The van der Waals surface area contributed by atoms with E-state index in [0.29, 0.717) is 63.1 Å². The van der Waals surface area contributed by atoms with Crippen molar-refractivity contribution >= 4 is 29.7 Å². The smallest absolute Gasteiger partial charge is 0.317 e. The van der Waals surface area contributed by atoms with Crippen molar-refractivity contribution in [2.24, 2.45) is 0 Å². The fourth-order valence-corrected chi connectivity index (χ4v) is 6.44. The molecule has 0 unspecified atom stereocenters. The Hall–Kier alpha value is -8.57. The molecule has 65 heavy (non-hydrogen) atoms. The second-order valence-corrected chi connectivity index (χ2v) is 14.4. The van der Waals surface area contributed by atoms with Gasteiger partial charge in [0, 0.05) is 43.4 Å². The standard InChI is InChI=1S/C42H40N12O11/c1-27(55)28-8-9-33(64-25-31-12-16-53(47-31)37-6-2-4-35(43-37)51-14-10-29(45-51)19-49(21-39(56)57)22-40(58)59)34(18-28)65-26-32-13-17-54(48-32)38-7-3-5-36(44-38)52-15-11-30(46-52)20-50(23-41(60)61)24-42(62)63/h2-18H,19-26H2,1H3,(H,56,57)(H,58,59)(H,60,61)(H,62,63). The Labute approximate surface area is 367 Å². The van der Waals surface area contributed by atoms with Crippen molar-refractivity contribution in [3.8, 4) is 34.8 Å². The molecule has 0 fully saturated rings. The van der Waals surface area contributed by atoms with E-state index in [1.165, 1.54) is 26.1 Å². The van der Waals surface area contributed by atoms with Crippen molar-refractivity contribution in [1.82, 2.24) is 58.9 Å². The molecule has 0 amide bonds. The van der Waals surface area contributed by atoms with Gasteiger partial charge in [0.15, 0.2) is 40.6 Å². The van der Waals surface area contributed by atoms with Crippen molar-refractivity contribution in [1.29, 1.82) is 0 Å². The summed E-state index contributed by atoms with van der Waals surface area (Å²) in [7, 11) is 0. The predicted octanol–water partition coefficient (Wildman–Crippen LogP) is 2.52. The van der Waals surface area contributed by atoms with Crippen molar-refractivity contribution in [2.75, 3.05) is 26.2 Å². The summed E-state index contributed by atoms with van der Waals surface area (Å²) in [4.78, 5) is 69.0. The van der Waals surface area contributed by atoms with E-state index in [9.17, 15) is 24.0 Å². The molecule has 6 heterocycles. The average molecular weight is 889 g/mol. The third kappa shape index (κ3) is 12.1. The van der Waals surface area contributed by atoms with Crippen LogP contribution in [0.15, 0.2) is 104 Å². The number of rotatable bonds is 23. The number of carboxylic acid groups (broad SMARTS) is 4. The summed E-state index contributed by atoms with van der Waals surface area (Å²) >= 11 is 0. The van der Waals surface area contributed by atoms with E-state index in [1.807, 2.05) is 0 Å². The van der Waals surface area contributed by atoms with Crippen LogP contribution in [0.4, 0.5) is 0 Å². The molecular weight excluding hydrogens is 849 g/mol. The second-order valence-electron chi connectivity index (χ2n) is 14.4. The number of carbonyl (C=O) groups is 5. The summed E-state index contributed by atoms with van der Waals surface area (Å²) in [5.74, 6) is -2.34. The highest BCUT2D eigenvalue weighted by Crippen LogP contribution is 2.30. The van der Waals surface area contributed by atoms with Gasteiger partial charge in [-0.2, -0.15) is 20.4 Å². The Bertz CT molecular complexity index is 2820. The lowest BCUT2D eigenvalue weighted by molar-refractivity contribution is -0.144. The Kier molecular flexibility index (Phi) is 13.7. The first-order valence-corrected chi connectivity index (χ1v) is 19.6. The molecule has 334 valence electrons. The van der Waals surface area contributed by atoms with E-state index in [2.05, 4.69) is 30.4 Å². The molecule has 4 N–H and O–H groups in total. The van der Waals surface area contributed by atoms with Gasteiger partial charge < -0.3 is 29.9 Å². The Morgan fingerprint density at radius 3 is 1.22 bits per heavy atom. The molecule has 0 radical (unpaired) electrons. The molecule has 6 aromatic heterocycles. The normalized spacial score (nSPS) is 11.2. The molecule has 23 heteroatoms. The lowest BCUT2D eigenvalue weighted by Crippen LogP contribution is -2.34. The number of hydrogen-bond donors (Lipinski definition) is 4. The number of hydrogen-bond acceptors (Lipinski definition) is 15. The summed E-state index contributed by atoms with van der Waals surface area (Å²) in [5, 5.41) is 54.8. The Balaban J connectivity index is 0.987. The van der Waals surface area contributed by atoms with Crippen LogP contribution in [0.5, 0.6) is 11.5 Å². The molecule has 0 bridgehead atoms. The molecule has 0 aliphatic rings. The fourth-order valence-electron chi connectivity index (χ4n) is 6.44. The third-order valence-electron chi connectivity index (χ3n) is 9.26. The summed E-state index contributed by atoms with van der Waals surface area (Å²) in [6, 6.07) is 22.1. The van der Waals surface area contributed by atoms with Crippen LogP contribution in [0.1, 0.15) is 40.1 Å². The topological polar surface area (TPSA) is 288 Å². The van der Waals surface area contributed by atoms with Crippen LogP contribution in [-0.2, 0) is 45.5 Å². The Morgan fingerprint density at radius 2 is 0.846 bits per heavy atom. The average Bonchev–Trinajstić information content (AvgIpc) is 4.10. The number of aliphatic carboxylic acids is 4. The zero-order chi connectivity index (χ0) is 46.0. The number of aromatic nitrogens is 10.